The predicted octanol–water partition coefficient (Wildman–Crippen LogP) is -0.187. The van der Waals surface area contributed by atoms with Crippen molar-refractivity contribution in [2.45, 2.75) is 43.9 Å². The molecule has 0 spiro atoms. The summed E-state index contributed by atoms with van der Waals surface area (Å²) in [6, 6.07) is 5.20. The van der Waals surface area contributed by atoms with E-state index in [0.717, 1.165) is 26.2 Å². The minimum Gasteiger partial charge on any atom is -0.394 e. The molecule has 8 nitrogen and oxygen atoms in total. The van der Waals surface area contributed by atoms with Gasteiger partial charge in [-0.25, -0.2) is 0 Å². The Labute approximate surface area is 165 Å². The van der Waals surface area contributed by atoms with Gasteiger partial charge in [0.05, 0.1) is 31.6 Å². The van der Waals surface area contributed by atoms with Crippen molar-refractivity contribution in [3.05, 3.63) is 30.1 Å². The zero-order valence-corrected chi connectivity index (χ0v) is 16.4. The molecule has 2 amide bonds. The van der Waals surface area contributed by atoms with Gasteiger partial charge in [-0.3, -0.25) is 14.6 Å². The minimum absolute atomic E-state index is 0.104. The third kappa shape index (κ3) is 5.73. The minimum atomic E-state index is -0.494. The third-order valence-corrected chi connectivity index (χ3v) is 5.47. The van der Waals surface area contributed by atoms with E-state index in [4.69, 9.17) is 4.74 Å². The van der Waals surface area contributed by atoms with Crippen molar-refractivity contribution in [3.8, 4) is 0 Å². The van der Waals surface area contributed by atoms with Crippen molar-refractivity contribution < 1.29 is 19.4 Å². The predicted molar refractivity (Wildman–Crippen MR) is 104 cm³/mol. The van der Waals surface area contributed by atoms with E-state index in [0.29, 0.717) is 25.0 Å². The molecule has 1 aromatic rings. The normalized spacial score (nSPS) is 26.1. The molecule has 3 rings (SSSR count). The number of piperazine rings is 1. The van der Waals surface area contributed by atoms with Crippen LogP contribution in [0.25, 0.3) is 0 Å². The van der Waals surface area contributed by atoms with Crippen LogP contribution in [-0.2, 0) is 20.7 Å². The van der Waals surface area contributed by atoms with Crippen LogP contribution < -0.4 is 5.32 Å². The molecule has 2 N–H and O–H groups in total. The second kappa shape index (κ2) is 9.95. The average Bonchev–Trinajstić information content (AvgIpc) is 2.70. The third-order valence-electron chi connectivity index (χ3n) is 5.47. The topological polar surface area (TPSA) is 95.0 Å². The summed E-state index contributed by atoms with van der Waals surface area (Å²) in [7, 11) is 2.06. The molecule has 154 valence electrons. The second-order valence-corrected chi connectivity index (χ2v) is 7.62. The number of likely N-dealkylation sites (N-methyl/N-ethyl adjacent to an activating group) is 1. The van der Waals surface area contributed by atoms with E-state index in [9.17, 15) is 14.7 Å². The van der Waals surface area contributed by atoms with E-state index < -0.39 is 6.10 Å². The average molecular weight is 390 g/mol. The molecule has 2 saturated heterocycles. The largest absolute Gasteiger partial charge is 0.394 e. The van der Waals surface area contributed by atoms with Gasteiger partial charge < -0.3 is 25.0 Å². The molecule has 2 aliphatic rings. The molecule has 3 atom stereocenters. The summed E-state index contributed by atoms with van der Waals surface area (Å²) in [6.45, 7) is 3.09. The highest BCUT2D eigenvalue weighted by atomic mass is 16.5. The number of aliphatic hydroxyl groups is 1. The summed E-state index contributed by atoms with van der Waals surface area (Å²) in [5.41, 5.74) is 0.702. The maximum atomic E-state index is 12.5. The van der Waals surface area contributed by atoms with Gasteiger partial charge in [-0.05, 0) is 32.0 Å². The number of aliphatic hydroxyl groups excluding tert-OH is 1. The highest BCUT2D eigenvalue weighted by molar-refractivity contribution is 5.78. The van der Waals surface area contributed by atoms with E-state index in [1.165, 1.54) is 0 Å². The smallest absolute Gasteiger partial charge is 0.226 e. The number of aromatic nitrogens is 1. The Morgan fingerprint density at radius 2 is 2.04 bits per heavy atom. The van der Waals surface area contributed by atoms with Crippen LogP contribution in [0.4, 0.5) is 0 Å². The van der Waals surface area contributed by atoms with Crippen LogP contribution in [0.1, 0.15) is 25.0 Å². The molecule has 0 bridgehead atoms. The van der Waals surface area contributed by atoms with Crippen LogP contribution in [0.5, 0.6) is 0 Å². The number of amides is 2. The lowest BCUT2D eigenvalue weighted by Gasteiger charge is -2.37. The lowest BCUT2D eigenvalue weighted by atomic mass is 9.96. The Kier molecular flexibility index (Phi) is 7.36. The fraction of sp³-hybridized carbons (Fsp3) is 0.650. The Balaban J connectivity index is 1.46. The van der Waals surface area contributed by atoms with E-state index in [2.05, 4.69) is 22.2 Å². The van der Waals surface area contributed by atoms with E-state index in [1.807, 2.05) is 17.0 Å². The molecule has 0 aliphatic carbocycles. The number of hydrogen-bond donors (Lipinski definition) is 2. The second-order valence-electron chi connectivity index (χ2n) is 7.62. The Hall–Kier alpha value is -2.03. The van der Waals surface area contributed by atoms with Crippen molar-refractivity contribution in [1.82, 2.24) is 20.1 Å². The van der Waals surface area contributed by atoms with Crippen molar-refractivity contribution in [1.29, 1.82) is 0 Å². The number of nitrogens with one attached hydrogen (secondary N) is 1. The fourth-order valence-electron chi connectivity index (χ4n) is 3.75. The molecule has 2 aliphatic heterocycles. The number of hydrogen-bond acceptors (Lipinski definition) is 6. The van der Waals surface area contributed by atoms with Gasteiger partial charge in [0.2, 0.25) is 11.8 Å². The first kappa shape index (κ1) is 20.7. The molecular formula is C20H30N4O4. The first-order valence-corrected chi connectivity index (χ1v) is 9.97. The standard InChI is InChI=1S/C20H30N4O4/c1-23-8-10-24(11-9-23)20(27)13-16-5-6-17(18(14-25)28-16)22-19(26)12-15-4-2-3-7-21-15/h2-4,7,16-18,25H,5-6,8-14H2,1H3,(H,22,26)/t16-,17+,18-/m0/s1. The van der Waals surface area contributed by atoms with Gasteiger partial charge in [-0.1, -0.05) is 6.07 Å². The van der Waals surface area contributed by atoms with Crippen molar-refractivity contribution in [2.75, 3.05) is 39.8 Å². The number of carbonyl (C=O) groups is 2. The quantitative estimate of drug-likeness (QED) is 0.699. The summed E-state index contributed by atoms with van der Waals surface area (Å²) in [5, 5.41) is 12.7. The van der Waals surface area contributed by atoms with Crippen molar-refractivity contribution in [2.24, 2.45) is 0 Å². The number of rotatable bonds is 6. The monoisotopic (exact) mass is 390 g/mol. The summed E-state index contributed by atoms with van der Waals surface area (Å²) in [5.74, 6) is -0.0369. The molecule has 1 aromatic heterocycles. The van der Waals surface area contributed by atoms with Gasteiger partial charge in [0.15, 0.2) is 0 Å². The summed E-state index contributed by atoms with van der Waals surface area (Å²) in [6.07, 6.45) is 2.84. The Morgan fingerprint density at radius 3 is 2.71 bits per heavy atom. The first-order valence-electron chi connectivity index (χ1n) is 9.97. The molecule has 3 heterocycles. The molecule has 2 fully saturated rings. The van der Waals surface area contributed by atoms with Gasteiger partial charge in [-0.15, -0.1) is 0 Å². The SMILES string of the molecule is CN1CCN(C(=O)C[C@@H]2CC[C@@H](NC(=O)Cc3ccccn3)[C@H](CO)O2)CC1. The summed E-state index contributed by atoms with van der Waals surface area (Å²) < 4.78 is 5.94. The maximum Gasteiger partial charge on any atom is 0.226 e. The Morgan fingerprint density at radius 1 is 1.25 bits per heavy atom. The van der Waals surface area contributed by atoms with Crippen LogP contribution in [0.15, 0.2) is 24.4 Å². The molecule has 0 unspecified atom stereocenters. The molecule has 0 radical (unpaired) electrons. The van der Waals surface area contributed by atoms with Crippen molar-refractivity contribution in [3.63, 3.8) is 0 Å². The van der Waals surface area contributed by atoms with Crippen LogP contribution in [-0.4, -0.2) is 89.8 Å². The zero-order valence-electron chi connectivity index (χ0n) is 16.4. The molecule has 0 saturated carbocycles. The summed E-state index contributed by atoms with van der Waals surface area (Å²) in [4.78, 5) is 33.1. The number of nitrogens with zero attached hydrogens (tertiary/aromatic N) is 3. The van der Waals surface area contributed by atoms with Crippen LogP contribution in [0, 0.1) is 0 Å². The van der Waals surface area contributed by atoms with Crippen LogP contribution in [0.2, 0.25) is 0 Å². The van der Waals surface area contributed by atoms with E-state index >= 15 is 0 Å². The molecule has 28 heavy (non-hydrogen) atoms. The molecular weight excluding hydrogens is 360 g/mol. The van der Waals surface area contributed by atoms with E-state index in [-0.39, 0.29) is 37.0 Å². The highest BCUT2D eigenvalue weighted by Gasteiger charge is 2.33. The maximum absolute atomic E-state index is 12.5. The fourth-order valence-corrected chi connectivity index (χ4v) is 3.75. The highest BCUT2D eigenvalue weighted by Crippen LogP contribution is 2.23. The number of carbonyl (C=O) groups excluding carboxylic acids is 2. The number of pyridine rings is 1. The van der Waals surface area contributed by atoms with Gasteiger partial charge in [0.1, 0.15) is 6.10 Å². The molecule has 0 aromatic carbocycles. The van der Waals surface area contributed by atoms with Crippen LogP contribution >= 0.6 is 0 Å². The van der Waals surface area contributed by atoms with Crippen LogP contribution in [0.3, 0.4) is 0 Å². The van der Waals surface area contributed by atoms with Gasteiger partial charge in [-0.2, -0.15) is 0 Å². The van der Waals surface area contributed by atoms with E-state index in [1.54, 1.807) is 12.3 Å². The van der Waals surface area contributed by atoms with Crippen molar-refractivity contribution >= 4 is 11.8 Å². The van der Waals surface area contributed by atoms with Gasteiger partial charge in [0, 0.05) is 38.1 Å². The lowest BCUT2D eigenvalue weighted by molar-refractivity contribution is -0.143. The zero-order chi connectivity index (χ0) is 19.9. The molecule has 8 heteroatoms. The first-order chi connectivity index (χ1) is 13.5. The van der Waals surface area contributed by atoms with Gasteiger partial charge >= 0.3 is 0 Å². The lowest BCUT2D eigenvalue weighted by Crippen LogP contribution is -2.52. The number of ether oxygens (including phenoxy) is 1. The Bertz CT molecular complexity index is 649. The van der Waals surface area contributed by atoms with Gasteiger partial charge in [0.25, 0.3) is 0 Å². The summed E-state index contributed by atoms with van der Waals surface area (Å²) >= 11 is 0.